The van der Waals surface area contributed by atoms with E-state index in [2.05, 4.69) is 15.6 Å². The van der Waals surface area contributed by atoms with Gasteiger partial charge in [-0.05, 0) is 12.8 Å². The van der Waals surface area contributed by atoms with Crippen LogP contribution in [-0.4, -0.2) is 39.2 Å². The zero-order valence-electron chi connectivity index (χ0n) is 7.84. The summed E-state index contributed by atoms with van der Waals surface area (Å²) in [5, 5.41) is 19.4. The lowest BCUT2D eigenvalue weighted by Crippen LogP contribution is -2.34. The zero-order chi connectivity index (χ0) is 10.1. The molecule has 1 aromatic rings. The molecular formula is C8H12N4O2. The maximum atomic E-state index is 11.1. The number of carbonyl (C=O) groups is 1. The van der Waals surface area contributed by atoms with E-state index >= 15 is 0 Å². The fraction of sp³-hybridized carbons (Fsp3) is 0.625. The number of aromatic nitrogens is 3. The number of hydrogen-bond donors (Lipinski definition) is 2. The summed E-state index contributed by atoms with van der Waals surface area (Å²) in [4.78, 5) is 11.1. The largest absolute Gasteiger partial charge is 0.391 e. The van der Waals surface area contributed by atoms with Crippen molar-refractivity contribution >= 4 is 5.91 Å². The van der Waals surface area contributed by atoms with E-state index in [1.807, 2.05) is 0 Å². The summed E-state index contributed by atoms with van der Waals surface area (Å²) in [5.74, 6) is -0.259. The molecule has 2 rings (SSSR count). The molecule has 0 saturated heterocycles. The third kappa shape index (κ3) is 1.37. The molecule has 0 radical (unpaired) electrons. The summed E-state index contributed by atoms with van der Waals surface area (Å²) >= 11 is 0. The van der Waals surface area contributed by atoms with Crippen molar-refractivity contribution in [3.05, 3.63) is 11.9 Å². The molecule has 0 aliphatic heterocycles. The van der Waals surface area contributed by atoms with E-state index in [0.29, 0.717) is 0 Å². The average molecular weight is 196 g/mol. The molecule has 2 N–H and O–H groups in total. The van der Waals surface area contributed by atoms with Crippen LogP contribution in [0.15, 0.2) is 6.20 Å². The average Bonchev–Trinajstić information content (AvgIpc) is 2.63. The van der Waals surface area contributed by atoms with Crippen LogP contribution in [0.4, 0.5) is 0 Å². The van der Waals surface area contributed by atoms with Crippen LogP contribution < -0.4 is 5.32 Å². The van der Waals surface area contributed by atoms with Crippen LogP contribution in [0.25, 0.3) is 0 Å². The van der Waals surface area contributed by atoms with Crippen LogP contribution in [0.3, 0.4) is 0 Å². The summed E-state index contributed by atoms with van der Waals surface area (Å²) < 4.78 is 1.55. The van der Waals surface area contributed by atoms with Gasteiger partial charge < -0.3 is 10.4 Å². The second kappa shape index (κ2) is 3.38. The molecule has 1 aliphatic rings. The van der Waals surface area contributed by atoms with Crippen molar-refractivity contribution in [2.24, 2.45) is 0 Å². The van der Waals surface area contributed by atoms with E-state index in [9.17, 15) is 9.90 Å². The Hall–Kier alpha value is -1.43. The molecule has 1 aromatic heterocycles. The van der Waals surface area contributed by atoms with E-state index < -0.39 is 0 Å². The highest BCUT2D eigenvalue weighted by molar-refractivity contribution is 5.91. The van der Waals surface area contributed by atoms with Crippen molar-refractivity contribution in [3.63, 3.8) is 0 Å². The standard InChI is InChI=1S/C8H12N4O2/c1-9-8(14)5-4-12(11-10-5)6-2-3-7(6)13/h4,6-7,13H,2-3H2,1H3,(H,9,14). The van der Waals surface area contributed by atoms with Gasteiger partial charge in [-0.2, -0.15) is 0 Å². The molecule has 1 amide bonds. The Labute approximate surface area is 80.9 Å². The quantitative estimate of drug-likeness (QED) is 0.657. The summed E-state index contributed by atoms with van der Waals surface area (Å²) in [5.41, 5.74) is 0.284. The first-order chi connectivity index (χ1) is 6.72. The lowest BCUT2D eigenvalue weighted by atomic mass is 9.89. The van der Waals surface area contributed by atoms with Gasteiger partial charge in [-0.1, -0.05) is 5.21 Å². The van der Waals surface area contributed by atoms with Crippen LogP contribution in [-0.2, 0) is 0 Å². The van der Waals surface area contributed by atoms with Crippen LogP contribution in [0.2, 0.25) is 0 Å². The van der Waals surface area contributed by atoms with Gasteiger partial charge in [0, 0.05) is 7.05 Å². The number of hydrogen-bond acceptors (Lipinski definition) is 4. The number of rotatable bonds is 2. The van der Waals surface area contributed by atoms with Gasteiger partial charge in [0.2, 0.25) is 0 Å². The molecule has 1 heterocycles. The van der Waals surface area contributed by atoms with E-state index in [1.54, 1.807) is 17.9 Å². The van der Waals surface area contributed by atoms with Crippen molar-refractivity contribution in [3.8, 4) is 0 Å². The van der Waals surface area contributed by atoms with Crippen LogP contribution in [0, 0.1) is 0 Å². The monoisotopic (exact) mass is 196 g/mol. The van der Waals surface area contributed by atoms with E-state index in [1.165, 1.54) is 0 Å². The third-order valence-electron chi connectivity index (χ3n) is 2.51. The molecule has 2 atom stereocenters. The van der Waals surface area contributed by atoms with Gasteiger partial charge >= 0.3 is 0 Å². The van der Waals surface area contributed by atoms with Gasteiger partial charge in [0.05, 0.1) is 18.3 Å². The number of nitrogens with one attached hydrogen (secondary N) is 1. The Morgan fingerprint density at radius 2 is 2.50 bits per heavy atom. The predicted molar refractivity (Wildman–Crippen MR) is 47.7 cm³/mol. The van der Waals surface area contributed by atoms with Crippen LogP contribution >= 0.6 is 0 Å². The second-order valence-electron chi connectivity index (χ2n) is 3.37. The summed E-state index contributed by atoms with van der Waals surface area (Å²) in [6.45, 7) is 0. The molecule has 0 bridgehead atoms. The minimum absolute atomic E-state index is 0.0130. The highest BCUT2D eigenvalue weighted by Gasteiger charge is 2.31. The zero-order valence-corrected chi connectivity index (χ0v) is 7.84. The summed E-state index contributed by atoms with van der Waals surface area (Å²) in [6.07, 6.45) is 2.89. The molecule has 6 nitrogen and oxygen atoms in total. The maximum Gasteiger partial charge on any atom is 0.273 e. The first kappa shape index (κ1) is 9.14. The fourth-order valence-corrected chi connectivity index (χ4v) is 1.44. The number of carbonyl (C=O) groups excluding carboxylic acids is 1. The molecule has 1 saturated carbocycles. The van der Waals surface area contributed by atoms with Crippen molar-refractivity contribution in [1.29, 1.82) is 0 Å². The van der Waals surface area contributed by atoms with Crippen LogP contribution in [0.1, 0.15) is 29.4 Å². The van der Waals surface area contributed by atoms with Crippen molar-refractivity contribution in [2.45, 2.75) is 25.0 Å². The third-order valence-corrected chi connectivity index (χ3v) is 2.51. The molecular weight excluding hydrogens is 184 g/mol. The SMILES string of the molecule is CNC(=O)c1cn(C2CCC2O)nn1. The minimum atomic E-state index is -0.353. The molecule has 1 aliphatic carbocycles. The Morgan fingerprint density at radius 3 is 3.00 bits per heavy atom. The highest BCUT2D eigenvalue weighted by Crippen LogP contribution is 2.31. The Kier molecular flexibility index (Phi) is 2.20. The Bertz CT molecular complexity index is 349. The van der Waals surface area contributed by atoms with Crippen molar-refractivity contribution in [2.75, 3.05) is 7.05 Å². The van der Waals surface area contributed by atoms with Crippen LogP contribution in [0.5, 0.6) is 0 Å². The second-order valence-corrected chi connectivity index (χ2v) is 3.37. The first-order valence-corrected chi connectivity index (χ1v) is 4.54. The molecule has 6 heteroatoms. The normalized spacial score (nSPS) is 25.6. The maximum absolute atomic E-state index is 11.1. The lowest BCUT2D eigenvalue weighted by Gasteiger charge is -2.31. The molecule has 14 heavy (non-hydrogen) atoms. The topological polar surface area (TPSA) is 80.0 Å². The molecule has 2 unspecified atom stereocenters. The van der Waals surface area contributed by atoms with E-state index in [0.717, 1.165) is 12.8 Å². The molecule has 0 spiro atoms. The first-order valence-electron chi connectivity index (χ1n) is 4.54. The molecule has 76 valence electrons. The van der Waals surface area contributed by atoms with Crippen molar-refractivity contribution < 1.29 is 9.90 Å². The van der Waals surface area contributed by atoms with Crippen molar-refractivity contribution in [1.82, 2.24) is 20.3 Å². The summed E-state index contributed by atoms with van der Waals surface area (Å²) in [7, 11) is 1.54. The van der Waals surface area contributed by atoms with Gasteiger partial charge in [-0.25, -0.2) is 4.68 Å². The Morgan fingerprint density at radius 1 is 1.71 bits per heavy atom. The molecule has 1 fully saturated rings. The van der Waals surface area contributed by atoms with E-state index in [4.69, 9.17) is 0 Å². The van der Waals surface area contributed by atoms with Gasteiger partial charge in [-0.3, -0.25) is 4.79 Å². The number of amides is 1. The number of aliphatic hydroxyl groups is 1. The van der Waals surface area contributed by atoms with Gasteiger partial charge in [0.15, 0.2) is 5.69 Å². The summed E-state index contributed by atoms with van der Waals surface area (Å²) in [6, 6.07) is -0.0130. The molecule has 0 aromatic carbocycles. The fourth-order valence-electron chi connectivity index (χ4n) is 1.44. The number of nitrogens with zero attached hydrogens (tertiary/aromatic N) is 3. The van der Waals surface area contributed by atoms with E-state index in [-0.39, 0.29) is 23.7 Å². The van der Waals surface area contributed by atoms with Gasteiger partial charge in [-0.15, -0.1) is 5.10 Å². The van der Waals surface area contributed by atoms with Gasteiger partial charge in [0.1, 0.15) is 0 Å². The highest BCUT2D eigenvalue weighted by atomic mass is 16.3. The number of aliphatic hydroxyl groups excluding tert-OH is 1. The lowest BCUT2D eigenvalue weighted by molar-refractivity contribution is 0.0244. The Balaban J connectivity index is 2.13. The smallest absolute Gasteiger partial charge is 0.273 e. The predicted octanol–water partition coefficient (Wildman–Crippen LogP) is -0.667. The van der Waals surface area contributed by atoms with Gasteiger partial charge in [0.25, 0.3) is 5.91 Å². The minimum Gasteiger partial charge on any atom is -0.391 e.